The van der Waals surface area contributed by atoms with Crippen molar-refractivity contribution in [3.8, 4) is 0 Å². The summed E-state index contributed by atoms with van der Waals surface area (Å²) in [4.78, 5) is 3.22. The molecule has 0 aliphatic heterocycles. The first kappa shape index (κ1) is 6.20. The van der Waals surface area contributed by atoms with Gasteiger partial charge in [-0.3, -0.25) is 0 Å². The Balaban J connectivity index is 2.71. The van der Waals surface area contributed by atoms with Crippen LogP contribution < -0.4 is 0 Å². The van der Waals surface area contributed by atoms with E-state index in [-0.39, 0.29) is 0 Å². The SMILES string of the molecule is c1cc2ccc3nscc3c2[nH]1. The van der Waals surface area contributed by atoms with Gasteiger partial charge < -0.3 is 4.98 Å². The quantitative estimate of drug-likeness (QED) is 0.557. The van der Waals surface area contributed by atoms with Gasteiger partial charge in [0.1, 0.15) is 0 Å². The van der Waals surface area contributed by atoms with Crippen LogP contribution in [-0.2, 0) is 0 Å². The van der Waals surface area contributed by atoms with E-state index < -0.39 is 0 Å². The van der Waals surface area contributed by atoms with Gasteiger partial charge in [0.25, 0.3) is 0 Å². The Morgan fingerprint density at radius 1 is 1.25 bits per heavy atom. The highest BCUT2D eigenvalue weighted by Crippen LogP contribution is 2.24. The van der Waals surface area contributed by atoms with Crippen LogP contribution in [0.15, 0.2) is 29.8 Å². The topological polar surface area (TPSA) is 28.7 Å². The van der Waals surface area contributed by atoms with Crippen molar-refractivity contribution in [3.05, 3.63) is 29.8 Å². The third-order valence-corrected chi connectivity index (χ3v) is 2.71. The third kappa shape index (κ3) is 0.662. The van der Waals surface area contributed by atoms with E-state index >= 15 is 0 Å². The van der Waals surface area contributed by atoms with E-state index in [0.717, 1.165) is 5.52 Å². The van der Waals surface area contributed by atoms with E-state index in [1.807, 2.05) is 6.20 Å². The van der Waals surface area contributed by atoms with Gasteiger partial charge in [-0.1, -0.05) is 6.07 Å². The van der Waals surface area contributed by atoms with Crippen molar-refractivity contribution < 1.29 is 0 Å². The lowest BCUT2D eigenvalue weighted by Crippen LogP contribution is -1.69. The van der Waals surface area contributed by atoms with Crippen LogP contribution in [0.5, 0.6) is 0 Å². The zero-order valence-electron chi connectivity index (χ0n) is 6.24. The lowest BCUT2D eigenvalue weighted by molar-refractivity contribution is 1.49. The van der Waals surface area contributed by atoms with Crippen molar-refractivity contribution in [1.82, 2.24) is 9.36 Å². The number of aromatic nitrogens is 2. The lowest BCUT2D eigenvalue weighted by atomic mass is 10.2. The summed E-state index contributed by atoms with van der Waals surface area (Å²) in [6.45, 7) is 0. The zero-order chi connectivity index (χ0) is 7.97. The monoisotopic (exact) mass is 174 g/mol. The molecule has 3 rings (SSSR count). The van der Waals surface area contributed by atoms with Gasteiger partial charge in [0, 0.05) is 22.3 Å². The van der Waals surface area contributed by atoms with Gasteiger partial charge in [-0.2, -0.15) is 4.37 Å². The Kier molecular flexibility index (Phi) is 1.07. The molecule has 0 aliphatic carbocycles. The van der Waals surface area contributed by atoms with Gasteiger partial charge in [-0.15, -0.1) is 0 Å². The number of benzene rings is 1. The molecule has 2 heterocycles. The first-order chi connectivity index (χ1) is 5.95. The summed E-state index contributed by atoms with van der Waals surface area (Å²) in [6.07, 6.45) is 1.96. The van der Waals surface area contributed by atoms with Gasteiger partial charge in [-0.05, 0) is 23.7 Å². The molecule has 2 nitrogen and oxygen atoms in total. The van der Waals surface area contributed by atoms with Crippen molar-refractivity contribution in [2.24, 2.45) is 0 Å². The molecule has 3 aromatic rings. The van der Waals surface area contributed by atoms with Crippen LogP contribution >= 0.6 is 11.5 Å². The molecule has 12 heavy (non-hydrogen) atoms. The molecule has 0 fully saturated rings. The molecule has 0 saturated carbocycles. The lowest BCUT2D eigenvalue weighted by Gasteiger charge is -1.89. The van der Waals surface area contributed by atoms with E-state index in [1.54, 1.807) is 0 Å². The average Bonchev–Trinajstić information content (AvgIpc) is 2.71. The van der Waals surface area contributed by atoms with Crippen LogP contribution in [0, 0.1) is 0 Å². The molecule has 0 saturated heterocycles. The van der Waals surface area contributed by atoms with Crippen molar-refractivity contribution in [2.45, 2.75) is 0 Å². The Bertz CT molecular complexity index is 486. The fourth-order valence-electron chi connectivity index (χ4n) is 1.47. The average molecular weight is 174 g/mol. The second kappa shape index (κ2) is 2.08. The largest absolute Gasteiger partial charge is 0.361 e. The second-order valence-corrected chi connectivity index (χ2v) is 3.38. The maximum atomic E-state index is 4.27. The summed E-state index contributed by atoms with van der Waals surface area (Å²) in [5.74, 6) is 0. The summed E-state index contributed by atoms with van der Waals surface area (Å²) in [7, 11) is 0. The van der Waals surface area contributed by atoms with Crippen molar-refractivity contribution >= 4 is 33.3 Å². The summed E-state index contributed by atoms with van der Waals surface area (Å²) < 4.78 is 4.27. The Labute approximate surface area is 73.0 Å². The molecule has 3 heteroatoms. The van der Waals surface area contributed by atoms with Gasteiger partial charge in [0.05, 0.1) is 11.0 Å². The maximum Gasteiger partial charge on any atom is 0.0862 e. The minimum atomic E-state index is 1.08. The molecule has 0 atom stereocenters. The van der Waals surface area contributed by atoms with E-state index in [2.05, 4.69) is 32.9 Å². The molecule has 1 aromatic carbocycles. The van der Waals surface area contributed by atoms with Crippen LogP contribution in [0.25, 0.3) is 21.8 Å². The van der Waals surface area contributed by atoms with Crippen LogP contribution in [0.1, 0.15) is 0 Å². The summed E-state index contributed by atoms with van der Waals surface area (Å²) in [5, 5.41) is 4.55. The van der Waals surface area contributed by atoms with E-state index in [1.165, 1.54) is 27.8 Å². The minimum absolute atomic E-state index is 1.08. The van der Waals surface area contributed by atoms with Crippen molar-refractivity contribution in [1.29, 1.82) is 0 Å². The minimum Gasteiger partial charge on any atom is -0.361 e. The molecule has 0 radical (unpaired) electrons. The maximum absolute atomic E-state index is 4.27. The molecule has 0 amide bonds. The fraction of sp³-hybridized carbons (Fsp3) is 0. The van der Waals surface area contributed by atoms with E-state index in [4.69, 9.17) is 0 Å². The summed E-state index contributed by atoms with van der Waals surface area (Å²) in [5.41, 5.74) is 2.27. The highest BCUT2D eigenvalue weighted by Gasteiger charge is 2.01. The second-order valence-electron chi connectivity index (χ2n) is 2.75. The summed E-state index contributed by atoms with van der Waals surface area (Å²) in [6, 6.07) is 6.22. The van der Waals surface area contributed by atoms with Crippen LogP contribution in [0.2, 0.25) is 0 Å². The highest BCUT2D eigenvalue weighted by atomic mass is 32.1. The molecule has 0 unspecified atom stereocenters. The zero-order valence-corrected chi connectivity index (χ0v) is 7.06. The Morgan fingerprint density at radius 3 is 3.25 bits per heavy atom. The molecule has 58 valence electrons. The smallest absolute Gasteiger partial charge is 0.0862 e. The normalized spacial score (nSPS) is 11.3. The number of hydrogen-bond acceptors (Lipinski definition) is 2. The predicted molar refractivity (Wildman–Crippen MR) is 51.5 cm³/mol. The van der Waals surface area contributed by atoms with Gasteiger partial charge >= 0.3 is 0 Å². The predicted octanol–water partition coefficient (Wildman–Crippen LogP) is 2.78. The van der Waals surface area contributed by atoms with Gasteiger partial charge in [0.2, 0.25) is 0 Å². The number of rotatable bonds is 0. The first-order valence-corrected chi connectivity index (χ1v) is 4.59. The van der Waals surface area contributed by atoms with Crippen LogP contribution in [0.3, 0.4) is 0 Å². The molecular weight excluding hydrogens is 168 g/mol. The first-order valence-electron chi connectivity index (χ1n) is 3.75. The van der Waals surface area contributed by atoms with E-state index in [0.29, 0.717) is 0 Å². The Morgan fingerprint density at radius 2 is 2.25 bits per heavy atom. The number of aromatic amines is 1. The third-order valence-electron chi connectivity index (χ3n) is 2.07. The van der Waals surface area contributed by atoms with Gasteiger partial charge in [-0.25, -0.2) is 0 Å². The van der Waals surface area contributed by atoms with Crippen molar-refractivity contribution in [3.63, 3.8) is 0 Å². The summed E-state index contributed by atoms with van der Waals surface area (Å²) >= 11 is 1.50. The number of nitrogens with zero attached hydrogens (tertiary/aromatic N) is 1. The highest BCUT2D eigenvalue weighted by molar-refractivity contribution is 7.04. The molecule has 1 N–H and O–H groups in total. The molecular formula is C9H6N2S. The number of fused-ring (bicyclic) bond motifs is 3. The van der Waals surface area contributed by atoms with E-state index in [9.17, 15) is 0 Å². The number of hydrogen-bond donors (Lipinski definition) is 1. The Hall–Kier alpha value is -1.35. The number of nitrogens with one attached hydrogen (secondary N) is 1. The van der Waals surface area contributed by atoms with Gasteiger partial charge in [0.15, 0.2) is 0 Å². The number of H-pyrrole nitrogens is 1. The molecule has 0 spiro atoms. The van der Waals surface area contributed by atoms with Crippen LogP contribution in [-0.4, -0.2) is 9.36 Å². The fourth-order valence-corrected chi connectivity index (χ4v) is 2.14. The standard InChI is InChI=1S/C9H6N2S/c1-2-8-7(5-12-11-8)9-6(1)3-4-10-9/h1-5,10H. The van der Waals surface area contributed by atoms with Crippen molar-refractivity contribution in [2.75, 3.05) is 0 Å². The van der Waals surface area contributed by atoms with Crippen LogP contribution in [0.4, 0.5) is 0 Å². The molecule has 0 aliphatic rings. The molecule has 2 aromatic heterocycles. The molecule has 0 bridgehead atoms.